The molecule has 1 N–H and O–H groups in total. The Hall–Kier alpha value is -0.760. The maximum Gasteiger partial charge on any atom is 0.148 e. The highest BCUT2D eigenvalue weighted by Crippen LogP contribution is 2.10. The molecule has 0 aliphatic carbocycles. The normalized spacial score (nSPS) is 26.3. The standard InChI is InChI=1S/C7H11NO/c1-6-4-3-5-8(2)7(6)9/h3-5,7,9H,1-2H3. The fourth-order valence-electron chi connectivity index (χ4n) is 0.819. The van der Waals surface area contributed by atoms with Crippen molar-refractivity contribution in [3.63, 3.8) is 0 Å². The first-order chi connectivity index (χ1) is 4.22. The molecule has 9 heavy (non-hydrogen) atoms. The topological polar surface area (TPSA) is 23.5 Å². The summed E-state index contributed by atoms with van der Waals surface area (Å²) in [6.07, 6.45) is 5.25. The van der Waals surface area contributed by atoms with Crippen molar-refractivity contribution in [1.29, 1.82) is 0 Å². The molecule has 1 heterocycles. The van der Waals surface area contributed by atoms with Gasteiger partial charge in [0.25, 0.3) is 0 Å². The summed E-state index contributed by atoms with van der Waals surface area (Å²) in [5.41, 5.74) is 0.986. The van der Waals surface area contributed by atoms with E-state index in [1.807, 2.05) is 32.3 Å². The molecule has 0 saturated heterocycles. The molecule has 1 atom stereocenters. The Morgan fingerprint density at radius 2 is 2.33 bits per heavy atom. The van der Waals surface area contributed by atoms with Gasteiger partial charge < -0.3 is 10.0 Å². The summed E-state index contributed by atoms with van der Waals surface area (Å²) in [5, 5.41) is 9.25. The van der Waals surface area contributed by atoms with Crippen LogP contribution in [-0.4, -0.2) is 23.3 Å². The van der Waals surface area contributed by atoms with Crippen molar-refractivity contribution >= 4 is 0 Å². The van der Waals surface area contributed by atoms with Crippen LogP contribution in [0.2, 0.25) is 0 Å². The third kappa shape index (κ3) is 1.13. The lowest BCUT2D eigenvalue weighted by molar-refractivity contribution is 0.0861. The van der Waals surface area contributed by atoms with E-state index in [2.05, 4.69) is 0 Å². The third-order valence-electron chi connectivity index (χ3n) is 1.47. The Bertz CT molecular complexity index is 160. The summed E-state index contributed by atoms with van der Waals surface area (Å²) in [4.78, 5) is 1.76. The molecule has 0 aromatic heterocycles. The van der Waals surface area contributed by atoms with Gasteiger partial charge in [-0.05, 0) is 18.6 Å². The summed E-state index contributed by atoms with van der Waals surface area (Å²) in [7, 11) is 1.84. The van der Waals surface area contributed by atoms with Crippen molar-refractivity contribution in [2.75, 3.05) is 7.05 Å². The van der Waals surface area contributed by atoms with Gasteiger partial charge in [-0.15, -0.1) is 0 Å². The number of nitrogens with zero attached hydrogens (tertiary/aromatic N) is 1. The van der Waals surface area contributed by atoms with Gasteiger partial charge in [0.1, 0.15) is 6.23 Å². The average molecular weight is 125 g/mol. The van der Waals surface area contributed by atoms with E-state index < -0.39 is 6.23 Å². The van der Waals surface area contributed by atoms with Crippen LogP contribution in [-0.2, 0) is 0 Å². The molecular formula is C7H11NO. The lowest BCUT2D eigenvalue weighted by atomic mass is 10.2. The minimum Gasteiger partial charge on any atom is -0.370 e. The van der Waals surface area contributed by atoms with E-state index in [1.54, 1.807) is 4.90 Å². The molecule has 0 saturated carbocycles. The van der Waals surface area contributed by atoms with Gasteiger partial charge >= 0.3 is 0 Å². The number of hydrogen-bond donors (Lipinski definition) is 1. The molecular weight excluding hydrogens is 114 g/mol. The largest absolute Gasteiger partial charge is 0.370 e. The molecule has 1 aliphatic rings. The number of aliphatic hydroxyl groups excluding tert-OH is 1. The predicted octanol–water partition coefficient (Wildman–Crippen LogP) is 0.710. The average Bonchev–Trinajstić information content (AvgIpc) is 1.83. The van der Waals surface area contributed by atoms with Crippen LogP contribution >= 0.6 is 0 Å². The molecule has 1 aliphatic heterocycles. The molecule has 0 aromatic carbocycles. The van der Waals surface area contributed by atoms with Crippen LogP contribution in [0.15, 0.2) is 23.9 Å². The van der Waals surface area contributed by atoms with Gasteiger partial charge in [-0.3, -0.25) is 0 Å². The first-order valence-electron chi connectivity index (χ1n) is 2.97. The first-order valence-corrected chi connectivity index (χ1v) is 2.97. The van der Waals surface area contributed by atoms with Crippen molar-refractivity contribution in [3.05, 3.63) is 23.9 Å². The Morgan fingerprint density at radius 3 is 2.78 bits per heavy atom. The van der Waals surface area contributed by atoms with Crippen LogP contribution in [0.3, 0.4) is 0 Å². The SMILES string of the molecule is CC1=CC=CN(C)C1O. The fourth-order valence-corrected chi connectivity index (χ4v) is 0.819. The van der Waals surface area contributed by atoms with Gasteiger partial charge in [-0.25, -0.2) is 0 Å². The van der Waals surface area contributed by atoms with Crippen LogP contribution in [0.25, 0.3) is 0 Å². The first kappa shape index (κ1) is 6.36. The van der Waals surface area contributed by atoms with Crippen molar-refractivity contribution in [1.82, 2.24) is 4.90 Å². The number of likely N-dealkylation sites (N-methyl/N-ethyl adjacent to an activating group) is 1. The Kier molecular flexibility index (Phi) is 1.58. The van der Waals surface area contributed by atoms with Crippen LogP contribution in [0.4, 0.5) is 0 Å². The molecule has 0 bridgehead atoms. The number of rotatable bonds is 0. The summed E-state index contributed by atoms with van der Waals surface area (Å²) in [6, 6.07) is 0. The third-order valence-corrected chi connectivity index (χ3v) is 1.47. The molecule has 2 nitrogen and oxygen atoms in total. The molecule has 1 rings (SSSR count). The maximum absolute atomic E-state index is 9.25. The lowest BCUT2D eigenvalue weighted by Crippen LogP contribution is -2.29. The van der Waals surface area contributed by atoms with Crippen LogP contribution < -0.4 is 0 Å². The van der Waals surface area contributed by atoms with E-state index >= 15 is 0 Å². The zero-order valence-corrected chi connectivity index (χ0v) is 5.70. The fraction of sp³-hybridized carbons (Fsp3) is 0.429. The van der Waals surface area contributed by atoms with E-state index in [9.17, 15) is 5.11 Å². The molecule has 50 valence electrons. The van der Waals surface area contributed by atoms with E-state index in [-0.39, 0.29) is 0 Å². The lowest BCUT2D eigenvalue weighted by Gasteiger charge is -2.24. The van der Waals surface area contributed by atoms with E-state index in [0.29, 0.717) is 0 Å². The maximum atomic E-state index is 9.25. The quantitative estimate of drug-likeness (QED) is 0.515. The smallest absolute Gasteiger partial charge is 0.148 e. The van der Waals surface area contributed by atoms with Gasteiger partial charge in [-0.2, -0.15) is 0 Å². The zero-order valence-electron chi connectivity index (χ0n) is 5.70. The highest BCUT2D eigenvalue weighted by Gasteiger charge is 2.10. The van der Waals surface area contributed by atoms with Crippen molar-refractivity contribution in [3.8, 4) is 0 Å². The van der Waals surface area contributed by atoms with Crippen molar-refractivity contribution in [2.24, 2.45) is 0 Å². The van der Waals surface area contributed by atoms with Crippen LogP contribution in [0.1, 0.15) is 6.92 Å². The highest BCUT2D eigenvalue weighted by atomic mass is 16.3. The van der Waals surface area contributed by atoms with Crippen LogP contribution in [0, 0.1) is 0 Å². The van der Waals surface area contributed by atoms with E-state index in [0.717, 1.165) is 5.57 Å². The summed E-state index contributed by atoms with van der Waals surface area (Å²) < 4.78 is 0. The molecule has 2 heteroatoms. The monoisotopic (exact) mass is 125 g/mol. The van der Waals surface area contributed by atoms with Gasteiger partial charge in [0, 0.05) is 13.2 Å². The minimum atomic E-state index is -0.421. The predicted molar refractivity (Wildman–Crippen MR) is 36.7 cm³/mol. The Labute approximate surface area is 55.1 Å². The van der Waals surface area contributed by atoms with Gasteiger partial charge in [0.15, 0.2) is 0 Å². The second-order valence-electron chi connectivity index (χ2n) is 2.29. The second kappa shape index (κ2) is 2.23. The summed E-state index contributed by atoms with van der Waals surface area (Å²) in [6.45, 7) is 1.91. The van der Waals surface area contributed by atoms with Crippen LogP contribution in [0.5, 0.6) is 0 Å². The zero-order chi connectivity index (χ0) is 6.85. The van der Waals surface area contributed by atoms with Gasteiger partial charge in [-0.1, -0.05) is 6.08 Å². The highest BCUT2D eigenvalue weighted by molar-refractivity contribution is 5.18. The minimum absolute atomic E-state index is 0.421. The molecule has 0 fully saturated rings. The molecule has 0 spiro atoms. The number of aliphatic hydroxyl groups is 1. The van der Waals surface area contributed by atoms with E-state index in [4.69, 9.17) is 0 Å². The summed E-state index contributed by atoms with van der Waals surface area (Å²) >= 11 is 0. The molecule has 0 radical (unpaired) electrons. The summed E-state index contributed by atoms with van der Waals surface area (Å²) in [5.74, 6) is 0. The van der Waals surface area contributed by atoms with Gasteiger partial charge in [0.2, 0.25) is 0 Å². The van der Waals surface area contributed by atoms with Crippen molar-refractivity contribution in [2.45, 2.75) is 13.2 Å². The number of hydrogen-bond acceptors (Lipinski definition) is 2. The number of allylic oxidation sites excluding steroid dienone is 2. The van der Waals surface area contributed by atoms with Crippen molar-refractivity contribution < 1.29 is 5.11 Å². The van der Waals surface area contributed by atoms with E-state index in [1.165, 1.54) is 0 Å². The van der Waals surface area contributed by atoms with Gasteiger partial charge in [0.05, 0.1) is 0 Å². The Balaban J connectivity index is 2.73. The second-order valence-corrected chi connectivity index (χ2v) is 2.29. The molecule has 0 aromatic rings. The molecule has 1 unspecified atom stereocenters. The Morgan fingerprint density at radius 1 is 1.67 bits per heavy atom. The molecule has 0 amide bonds.